The third-order valence-corrected chi connectivity index (χ3v) is 6.05. The van der Waals surface area contributed by atoms with Crippen LogP contribution in [0.15, 0.2) is 48.5 Å². The van der Waals surface area contributed by atoms with Crippen LogP contribution < -0.4 is 0 Å². The Hall–Kier alpha value is -2.95. The normalized spacial score (nSPS) is 27.8. The number of carbonyl (C=O) groups excluding carboxylic acids is 3. The number of hydrogen-bond donors (Lipinski definition) is 0. The molecular formula is C21H17NO4. The van der Waals surface area contributed by atoms with Crippen LogP contribution in [0.1, 0.15) is 34.1 Å². The summed E-state index contributed by atoms with van der Waals surface area (Å²) >= 11 is 0. The van der Waals surface area contributed by atoms with Crippen LogP contribution in [-0.2, 0) is 19.1 Å². The summed E-state index contributed by atoms with van der Waals surface area (Å²) in [5.41, 5.74) is 4.49. The Balaban J connectivity index is 1.69. The van der Waals surface area contributed by atoms with E-state index in [0.29, 0.717) is 0 Å². The molecule has 0 spiro atoms. The van der Waals surface area contributed by atoms with Crippen LogP contribution in [0.5, 0.6) is 0 Å². The number of hydrogen-bond acceptors (Lipinski definition) is 4. The van der Waals surface area contributed by atoms with Crippen molar-refractivity contribution in [2.24, 2.45) is 11.8 Å². The lowest BCUT2D eigenvalue weighted by atomic mass is 9.55. The minimum atomic E-state index is -0.576. The molecule has 5 heteroatoms. The lowest BCUT2D eigenvalue weighted by molar-refractivity contribution is -0.151. The highest BCUT2D eigenvalue weighted by Gasteiger charge is 2.61. The van der Waals surface area contributed by atoms with E-state index in [9.17, 15) is 14.4 Å². The molecule has 2 amide bonds. The second-order valence-corrected chi connectivity index (χ2v) is 7.10. The number of nitrogens with zero attached hydrogens (tertiary/aromatic N) is 1. The number of benzene rings is 2. The highest BCUT2D eigenvalue weighted by molar-refractivity contribution is 6.09. The topological polar surface area (TPSA) is 63.7 Å². The third kappa shape index (κ3) is 1.77. The molecule has 130 valence electrons. The van der Waals surface area contributed by atoms with Gasteiger partial charge in [-0.1, -0.05) is 48.5 Å². The Labute approximate surface area is 150 Å². The maximum atomic E-state index is 13.1. The average molecular weight is 347 g/mol. The van der Waals surface area contributed by atoms with E-state index in [0.717, 1.165) is 27.2 Å². The van der Waals surface area contributed by atoms with Gasteiger partial charge in [0.25, 0.3) is 0 Å². The Morgan fingerprint density at radius 1 is 0.846 bits per heavy atom. The molecule has 2 aromatic carbocycles. The number of ether oxygens (including phenoxy) is 1. The minimum Gasteiger partial charge on any atom is -0.468 e. The number of rotatable bonds is 2. The number of methoxy groups -OCH3 is 1. The van der Waals surface area contributed by atoms with Crippen LogP contribution in [-0.4, -0.2) is 36.3 Å². The molecule has 1 aliphatic heterocycles. The van der Waals surface area contributed by atoms with Gasteiger partial charge in [0.2, 0.25) is 11.8 Å². The number of esters is 1. The van der Waals surface area contributed by atoms with Crippen molar-refractivity contribution >= 4 is 17.8 Å². The summed E-state index contributed by atoms with van der Waals surface area (Å²) in [6.07, 6.45) is 0. The molecule has 1 heterocycles. The van der Waals surface area contributed by atoms with Gasteiger partial charge in [-0.05, 0) is 22.3 Å². The summed E-state index contributed by atoms with van der Waals surface area (Å²) in [6.45, 7) is -0.312. The predicted molar refractivity (Wildman–Crippen MR) is 92.3 cm³/mol. The van der Waals surface area contributed by atoms with Gasteiger partial charge in [-0.25, -0.2) is 0 Å². The smallest absolute Gasteiger partial charge is 0.325 e. The Morgan fingerprint density at radius 2 is 1.23 bits per heavy atom. The van der Waals surface area contributed by atoms with E-state index >= 15 is 0 Å². The second-order valence-electron chi connectivity index (χ2n) is 7.10. The average Bonchev–Trinajstić information content (AvgIpc) is 2.93. The van der Waals surface area contributed by atoms with Crippen molar-refractivity contribution in [1.82, 2.24) is 4.90 Å². The lowest BCUT2D eigenvalue weighted by Gasteiger charge is -2.45. The van der Waals surface area contributed by atoms with Gasteiger partial charge in [0, 0.05) is 11.8 Å². The summed E-state index contributed by atoms with van der Waals surface area (Å²) in [4.78, 5) is 39.0. The molecule has 0 N–H and O–H groups in total. The lowest BCUT2D eigenvalue weighted by Crippen LogP contribution is -2.41. The molecule has 0 aromatic heterocycles. The van der Waals surface area contributed by atoms with Gasteiger partial charge in [-0.2, -0.15) is 0 Å². The molecule has 26 heavy (non-hydrogen) atoms. The molecule has 2 bridgehead atoms. The summed E-state index contributed by atoms with van der Waals surface area (Å²) in [5.74, 6) is -2.27. The van der Waals surface area contributed by atoms with Crippen molar-refractivity contribution in [1.29, 1.82) is 0 Å². The summed E-state index contributed by atoms with van der Waals surface area (Å²) in [7, 11) is 1.26. The summed E-state index contributed by atoms with van der Waals surface area (Å²) in [5, 5.41) is 0. The maximum absolute atomic E-state index is 13.1. The first kappa shape index (κ1) is 15.3. The summed E-state index contributed by atoms with van der Waals surface area (Å²) < 4.78 is 4.67. The second kappa shape index (κ2) is 5.27. The van der Waals surface area contributed by atoms with Crippen LogP contribution in [0.3, 0.4) is 0 Å². The van der Waals surface area contributed by atoms with Crippen molar-refractivity contribution < 1.29 is 19.1 Å². The van der Waals surface area contributed by atoms with Crippen molar-refractivity contribution in [3.8, 4) is 0 Å². The van der Waals surface area contributed by atoms with Gasteiger partial charge in [0.05, 0.1) is 18.9 Å². The SMILES string of the molecule is COC(=O)CN1C(=O)[C@@H]2C3c4ccccc4C(c4ccccc43)[C@H]2C1=O. The van der Waals surface area contributed by atoms with Crippen molar-refractivity contribution in [3.05, 3.63) is 70.8 Å². The first-order valence-electron chi connectivity index (χ1n) is 8.73. The zero-order valence-corrected chi connectivity index (χ0v) is 14.2. The molecule has 2 aromatic rings. The fourth-order valence-corrected chi connectivity index (χ4v) is 5.09. The fourth-order valence-electron chi connectivity index (χ4n) is 5.09. The Kier molecular flexibility index (Phi) is 3.11. The van der Waals surface area contributed by atoms with Crippen molar-refractivity contribution in [3.63, 3.8) is 0 Å². The number of imide groups is 1. The van der Waals surface area contributed by atoms with Gasteiger partial charge < -0.3 is 4.74 Å². The quantitative estimate of drug-likeness (QED) is 0.616. The van der Waals surface area contributed by atoms with Gasteiger partial charge >= 0.3 is 5.97 Å². The van der Waals surface area contributed by atoms with Gasteiger partial charge in [0.1, 0.15) is 6.54 Å². The van der Waals surface area contributed by atoms with Crippen LogP contribution in [0.2, 0.25) is 0 Å². The molecule has 6 rings (SSSR count). The van der Waals surface area contributed by atoms with Crippen molar-refractivity contribution in [2.45, 2.75) is 11.8 Å². The maximum Gasteiger partial charge on any atom is 0.325 e. The molecule has 2 atom stereocenters. The first-order chi connectivity index (χ1) is 12.6. The summed E-state index contributed by atoms with van der Waals surface area (Å²) in [6, 6.07) is 16.1. The van der Waals surface area contributed by atoms with E-state index in [1.807, 2.05) is 24.3 Å². The highest BCUT2D eigenvalue weighted by Crippen LogP contribution is 2.60. The molecule has 0 unspecified atom stereocenters. The number of likely N-dealkylation sites (tertiary alicyclic amines) is 1. The standard InChI is InChI=1S/C21H17NO4/c1-26-15(23)10-22-20(24)18-16-11-6-2-3-7-12(11)17(19(18)21(22)25)14-9-5-4-8-13(14)16/h2-9,16-19H,10H2,1H3/t16?,17?,18-,19-/m1/s1. The monoisotopic (exact) mass is 347 g/mol. The van der Waals surface area contributed by atoms with Crippen LogP contribution >= 0.6 is 0 Å². The van der Waals surface area contributed by atoms with E-state index in [2.05, 4.69) is 29.0 Å². The zero-order valence-electron chi connectivity index (χ0n) is 14.2. The van der Waals surface area contributed by atoms with Gasteiger partial charge in [0.15, 0.2) is 0 Å². The third-order valence-electron chi connectivity index (χ3n) is 6.05. The Bertz CT molecular complexity index is 850. The molecule has 0 saturated carbocycles. The fraction of sp³-hybridized carbons (Fsp3) is 0.286. The molecule has 1 saturated heterocycles. The van der Waals surface area contributed by atoms with Crippen molar-refractivity contribution in [2.75, 3.05) is 13.7 Å². The highest BCUT2D eigenvalue weighted by atomic mass is 16.5. The van der Waals surface area contributed by atoms with E-state index < -0.39 is 17.8 Å². The van der Waals surface area contributed by atoms with Crippen LogP contribution in [0.25, 0.3) is 0 Å². The molecule has 3 aliphatic carbocycles. The van der Waals surface area contributed by atoms with E-state index in [-0.39, 0.29) is 30.2 Å². The van der Waals surface area contributed by atoms with Gasteiger partial charge in [-0.15, -0.1) is 0 Å². The molecule has 0 radical (unpaired) electrons. The number of amides is 2. The van der Waals surface area contributed by atoms with E-state index in [4.69, 9.17) is 0 Å². The van der Waals surface area contributed by atoms with Gasteiger partial charge in [-0.3, -0.25) is 19.3 Å². The van der Waals surface area contributed by atoms with Crippen LogP contribution in [0, 0.1) is 11.8 Å². The molecule has 5 nitrogen and oxygen atoms in total. The van der Waals surface area contributed by atoms with E-state index in [1.54, 1.807) is 0 Å². The first-order valence-corrected chi connectivity index (χ1v) is 8.73. The van der Waals surface area contributed by atoms with E-state index in [1.165, 1.54) is 7.11 Å². The Morgan fingerprint density at radius 3 is 1.58 bits per heavy atom. The molecule has 4 aliphatic rings. The largest absolute Gasteiger partial charge is 0.468 e. The molecule has 1 fully saturated rings. The minimum absolute atomic E-state index is 0.142. The van der Waals surface area contributed by atoms with Crippen LogP contribution in [0.4, 0.5) is 0 Å². The molecular weight excluding hydrogens is 330 g/mol. The zero-order chi connectivity index (χ0) is 18.0. The number of carbonyl (C=O) groups is 3. The predicted octanol–water partition coefficient (Wildman–Crippen LogP) is 2.05.